The molecular formula is C30H32N4O4S2. The predicted octanol–water partition coefficient (Wildman–Crippen LogP) is 6.24. The molecule has 3 N–H and O–H groups in total. The first-order valence-corrected chi connectivity index (χ1v) is 14.9. The molecular weight excluding hydrogens is 544 g/mol. The molecule has 1 fully saturated rings. The van der Waals surface area contributed by atoms with Gasteiger partial charge in [0, 0.05) is 29.5 Å². The fourth-order valence-electron chi connectivity index (χ4n) is 4.48. The highest BCUT2D eigenvalue weighted by molar-refractivity contribution is 8.01. The second-order valence-electron chi connectivity index (χ2n) is 9.64. The molecule has 10 heteroatoms. The highest BCUT2D eigenvalue weighted by Crippen LogP contribution is 2.43. The van der Waals surface area contributed by atoms with E-state index in [0.29, 0.717) is 18.0 Å². The first-order valence-electron chi connectivity index (χ1n) is 13.1. The summed E-state index contributed by atoms with van der Waals surface area (Å²) in [5.74, 6) is 0.786. The maximum Gasteiger partial charge on any atom is 0.319 e. The Morgan fingerprint density at radius 1 is 0.950 bits per heavy atom. The van der Waals surface area contributed by atoms with Crippen LogP contribution in [0.1, 0.15) is 46.6 Å². The SMILES string of the molecule is Cc1nnc(SC[C@H]2O[C@@H](c3ccc(NC(=O)NCc4ccccc4)cc3)O[C@@H](c3ccc(CO)cc3)[C@H]2C)s1. The normalized spacial score (nSPS) is 20.7. The van der Waals surface area contributed by atoms with Crippen LogP contribution in [0.2, 0.25) is 0 Å². The van der Waals surface area contributed by atoms with Crippen LogP contribution in [0.4, 0.5) is 10.5 Å². The molecule has 2 heterocycles. The molecule has 0 aliphatic carbocycles. The van der Waals surface area contributed by atoms with Gasteiger partial charge in [0.25, 0.3) is 0 Å². The Hall–Kier alpha value is -3.28. The lowest BCUT2D eigenvalue weighted by atomic mass is 9.91. The predicted molar refractivity (Wildman–Crippen MR) is 157 cm³/mol. The standard InChI is InChI=1S/C30H32N4O4S2/c1-19-26(18-39-30-34-33-20(2)40-30)37-28(38-27(19)23-10-8-22(17-35)9-11-23)24-12-14-25(15-13-24)32-29(36)31-16-21-6-4-3-5-7-21/h3-15,19,26-28,35H,16-18H2,1-2H3,(H2,31,32,36)/t19-,26+,27+,28+/m0/s1. The van der Waals surface area contributed by atoms with Crippen molar-refractivity contribution in [3.8, 4) is 0 Å². The van der Waals surface area contributed by atoms with Crippen LogP contribution in [-0.4, -0.2) is 33.2 Å². The van der Waals surface area contributed by atoms with E-state index in [1.165, 1.54) is 0 Å². The second-order valence-corrected chi connectivity index (χ2v) is 12.1. The Bertz CT molecular complexity index is 1380. The number of thioether (sulfide) groups is 1. The molecule has 4 atom stereocenters. The third-order valence-corrected chi connectivity index (χ3v) is 8.80. The second kappa shape index (κ2) is 13.4. The summed E-state index contributed by atoms with van der Waals surface area (Å²) in [5.41, 5.74) is 4.46. The van der Waals surface area contributed by atoms with Gasteiger partial charge in [0.1, 0.15) is 5.01 Å². The summed E-state index contributed by atoms with van der Waals surface area (Å²) in [4.78, 5) is 12.4. The van der Waals surface area contributed by atoms with Gasteiger partial charge in [0.05, 0.1) is 18.8 Å². The van der Waals surface area contributed by atoms with Crippen molar-refractivity contribution >= 4 is 34.8 Å². The maximum absolute atomic E-state index is 12.4. The first-order chi connectivity index (χ1) is 19.5. The number of amides is 2. The number of nitrogens with zero attached hydrogens (tertiary/aromatic N) is 2. The first kappa shape index (κ1) is 28.3. The van der Waals surface area contributed by atoms with Crippen LogP contribution in [0, 0.1) is 12.8 Å². The monoisotopic (exact) mass is 576 g/mol. The van der Waals surface area contributed by atoms with Crippen LogP contribution in [0.25, 0.3) is 0 Å². The van der Waals surface area contributed by atoms with Crippen molar-refractivity contribution in [2.24, 2.45) is 5.92 Å². The smallest absolute Gasteiger partial charge is 0.319 e. The Morgan fingerprint density at radius 3 is 2.35 bits per heavy atom. The highest BCUT2D eigenvalue weighted by atomic mass is 32.2. The summed E-state index contributed by atoms with van der Waals surface area (Å²) < 4.78 is 13.9. The quantitative estimate of drug-likeness (QED) is 0.202. The van der Waals surface area contributed by atoms with Gasteiger partial charge in [-0.25, -0.2) is 4.79 Å². The number of aliphatic hydroxyl groups is 1. The maximum atomic E-state index is 12.4. The number of ether oxygens (including phenoxy) is 2. The van der Waals surface area contributed by atoms with Crippen molar-refractivity contribution in [2.45, 2.75) is 49.8 Å². The summed E-state index contributed by atoms with van der Waals surface area (Å²) >= 11 is 3.22. The number of rotatable bonds is 9. The van der Waals surface area contributed by atoms with Crippen molar-refractivity contribution in [1.82, 2.24) is 15.5 Å². The van der Waals surface area contributed by atoms with Crippen LogP contribution in [0.5, 0.6) is 0 Å². The van der Waals surface area contributed by atoms with Crippen LogP contribution in [-0.2, 0) is 22.6 Å². The molecule has 0 unspecified atom stereocenters. The largest absolute Gasteiger partial charge is 0.392 e. The fourth-order valence-corrected chi connectivity index (χ4v) is 6.48. The van der Waals surface area contributed by atoms with E-state index in [4.69, 9.17) is 9.47 Å². The van der Waals surface area contributed by atoms with Gasteiger partial charge in [-0.05, 0) is 35.7 Å². The fraction of sp³-hybridized carbons (Fsp3) is 0.300. The topological polar surface area (TPSA) is 106 Å². The lowest BCUT2D eigenvalue weighted by Crippen LogP contribution is -2.38. The average molecular weight is 577 g/mol. The van der Waals surface area contributed by atoms with Crippen molar-refractivity contribution < 1.29 is 19.4 Å². The number of urea groups is 1. The summed E-state index contributed by atoms with van der Waals surface area (Å²) in [6.45, 7) is 4.53. The number of aromatic nitrogens is 2. The van der Waals surface area contributed by atoms with E-state index in [0.717, 1.165) is 31.6 Å². The molecule has 1 aromatic heterocycles. The molecule has 40 heavy (non-hydrogen) atoms. The van der Waals surface area contributed by atoms with E-state index < -0.39 is 6.29 Å². The molecule has 3 aromatic carbocycles. The number of nitrogens with one attached hydrogen (secondary N) is 2. The van der Waals surface area contributed by atoms with Crippen molar-refractivity contribution in [1.29, 1.82) is 0 Å². The molecule has 0 radical (unpaired) electrons. The molecule has 208 valence electrons. The van der Waals surface area contributed by atoms with Crippen LogP contribution < -0.4 is 10.6 Å². The van der Waals surface area contributed by atoms with Crippen LogP contribution in [0.3, 0.4) is 0 Å². The number of aryl methyl sites for hydroxylation is 1. The molecule has 5 rings (SSSR count). The highest BCUT2D eigenvalue weighted by Gasteiger charge is 2.38. The minimum absolute atomic E-state index is 0.00170. The molecule has 2 amide bonds. The van der Waals surface area contributed by atoms with Gasteiger partial charge in [0.2, 0.25) is 0 Å². The van der Waals surface area contributed by atoms with Gasteiger partial charge >= 0.3 is 6.03 Å². The Balaban J connectivity index is 1.27. The van der Waals surface area contributed by atoms with Crippen molar-refractivity contribution in [3.63, 3.8) is 0 Å². The number of aliphatic hydroxyl groups excluding tert-OH is 1. The van der Waals surface area contributed by atoms with Gasteiger partial charge in [-0.3, -0.25) is 0 Å². The summed E-state index contributed by atoms with van der Waals surface area (Å²) in [6, 6.07) is 24.9. The average Bonchev–Trinajstić information content (AvgIpc) is 3.41. The Labute approximate surface area is 242 Å². The van der Waals surface area contributed by atoms with Crippen molar-refractivity contribution in [2.75, 3.05) is 11.1 Å². The van der Waals surface area contributed by atoms with E-state index in [-0.39, 0.29) is 30.8 Å². The summed E-state index contributed by atoms with van der Waals surface area (Å²) in [6.07, 6.45) is -0.881. The minimum Gasteiger partial charge on any atom is -0.392 e. The number of anilines is 1. The van der Waals surface area contributed by atoms with Gasteiger partial charge < -0.3 is 25.2 Å². The number of benzene rings is 3. The molecule has 1 aliphatic rings. The van der Waals surface area contributed by atoms with Crippen molar-refractivity contribution in [3.05, 3.63) is 106 Å². The summed E-state index contributed by atoms with van der Waals surface area (Å²) in [5, 5.41) is 24.5. The Kier molecular flexibility index (Phi) is 9.45. The van der Waals surface area contributed by atoms with Crippen LogP contribution in [0.15, 0.2) is 83.2 Å². The number of carbonyl (C=O) groups is 1. The molecule has 0 saturated carbocycles. The molecule has 0 bridgehead atoms. The third-order valence-electron chi connectivity index (χ3n) is 6.74. The van der Waals surface area contributed by atoms with E-state index in [9.17, 15) is 9.90 Å². The molecule has 4 aromatic rings. The zero-order chi connectivity index (χ0) is 27.9. The summed E-state index contributed by atoms with van der Waals surface area (Å²) in [7, 11) is 0. The van der Waals surface area contributed by atoms with E-state index in [1.54, 1.807) is 23.1 Å². The van der Waals surface area contributed by atoms with Gasteiger partial charge in [-0.2, -0.15) is 0 Å². The molecule has 1 saturated heterocycles. The number of hydrogen-bond acceptors (Lipinski definition) is 8. The molecule has 1 aliphatic heterocycles. The van der Waals surface area contributed by atoms with E-state index in [2.05, 4.69) is 27.8 Å². The van der Waals surface area contributed by atoms with E-state index in [1.807, 2.05) is 85.8 Å². The molecule has 0 spiro atoms. The Morgan fingerprint density at radius 2 is 1.68 bits per heavy atom. The third kappa shape index (κ3) is 7.26. The number of carbonyl (C=O) groups excluding carboxylic acids is 1. The molecule has 8 nitrogen and oxygen atoms in total. The van der Waals surface area contributed by atoms with Crippen LogP contribution >= 0.6 is 23.1 Å². The minimum atomic E-state index is -0.582. The zero-order valence-electron chi connectivity index (χ0n) is 22.3. The van der Waals surface area contributed by atoms with Gasteiger partial charge in [-0.15, -0.1) is 10.2 Å². The van der Waals surface area contributed by atoms with Gasteiger partial charge in [-0.1, -0.05) is 96.8 Å². The zero-order valence-corrected chi connectivity index (χ0v) is 24.0. The van der Waals surface area contributed by atoms with E-state index >= 15 is 0 Å². The lowest BCUT2D eigenvalue weighted by Gasteiger charge is -2.41. The van der Waals surface area contributed by atoms with Gasteiger partial charge in [0.15, 0.2) is 10.6 Å². The lowest BCUT2D eigenvalue weighted by molar-refractivity contribution is -0.268. The number of hydrogen-bond donors (Lipinski definition) is 3.